The number of aliphatic hydroxyl groups excluding tert-OH is 2. The molecular weight excluding hydrogens is 462 g/mol. The number of aliphatic hydroxyl groups is 2. The van der Waals surface area contributed by atoms with Crippen LogP contribution in [-0.2, 0) is 32.2 Å². The Bertz CT molecular complexity index is 1000. The number of benzene rings is 1. The first kappa shape index (κ1) is 26.8. The molecule has 0 aromatic heterocycles. The number of amides is 1. The van der Waals surface area contributed by atoms with Crippen LogP contribution in [0, 0.1) is 5.92 Å². The van der Waals surface area contributed by atoms with Crippen LogP contribution >= 0.6 is 0 Å². The van der Waals surface area contributed by atoms with Gasteiger partial charge in [0.1, 0.15) is 11.4 Å². The van der Waals surface area contributed by atoms with Gasteiger partial charge in [0.05, 0.1) is 50.8 Å². The van der Waals surface area contributed by atoms with Gasteiger partial charge in [0.25, 0.3) is 0 Å². The monoisotopic (exact) mass is 501 g/mol. The predicted octanol–water partition coefficient (Wildman–Crippen LogP) is 2.89. The molecule has 1 amide bonds. The molecule has 1 spiro atoms. The van der Waals surface area contributed by atoms with Crippen molar-refractivity contribution >= 4 is 12.0 Å². The molecule has 6 atom stereocenters. The van der Waals surface area contributed by atoms with Gasteiger partial charge in [-0.15, -0.1) is 0 Å². The number of methoxy groups -OCH3 is 2. The van der Waals surface area contributed by atoms with Gasteiger partial charge >= 0.3 is 0 Å². The number of nitrogens with one attached hydrogen (secondary N) is 1. The van der Waals surface area contributed by atoms with Gasteiger partial charge in [0.2, 0.25) is 5.91 Å². The van der Waals surface area contributed by atoms with E-state index in [1.165, 1.54) is 18.8 Å². The highest BCUT2D eigenvalue weighted by Crippen LogP contribution is 2.59. The topological polar surface area (TPSA) is 113 Å². The average Bonchev–Trinajstić information content (AvgIpc) is 3.78. The summed E-state index contributed by atoms with van der Waals surface area (Å²) in [5.74, 6) is 0.261. The first-order valence-electron chi connectivity index (χ1n) is 12.6. The number of hydrogen-bond acceptors (Lipinski definition) is 7. The fourth-order valence-electron chi connectivity index (χ4n) is 5.87. The molecule has 1 aromatic carbocycles. The summed E-state index contributed by atoms with van der Waals surface area (Å²) in [6.07, 6.45) is 7.70. The van der Waals surface area contributed by atoms with Crippen LogP contribution in [0.25, 0.3) is 6.08 Å². The van der Waals surface area contributed by atoms with Crippen LogP contribution in [0.1, 0.15) is 56.7 Å². The van der Waals surface area contributed by atoms with Gasteiger partial charge in [-0.2, -0.15) is 0 Å². The van der Waals surface area contributed by atoms with Crippen molar-refractivity contribution in [3.05, 3.63) is 46.5 Å². The second-order valence-corrected chi connectivity index (χ2v) is 10.5. The third-order valence-electron chi connectivity index (χ3n) is 7.92. The summed E-state index contributed by atoms with van der Waals surface area (Å²) in [6, 6.07) is 3.30. The van der Waals surface area contributed by atoms with E-state index in [9.17, 15) is 15.0 Å². The number of allylic oxidation sites excluding steroid dienone is 1. The van der Waals surface area contributed by atoms with Gasteiger partial charge in [0, 0.05) is 24.7 Å². The minimum absolute atomic E-state index is 0.0241. The lowest BCUT2D eigenvalue weighted by Crippen LogP contribution is -2.59. The van der Waals surface area contributed by atoms with E-state index in [1.54, 1.807) is 25.3 Å². The second kappa shape index (κ2) is 10.6. The van der Waals surface area contributed by atoms with E-state index in [4.69, 9.17) is 18.9 Å². The van der Waals surface area contributed by atoms with E-state index in [0.717, 1.165) is 19.3 Å². The van der Waals surface area contributed by atoms with Gasteiger partial charge in [-0.05, 0) is 69.4 Å². The zero-order valence-electron chi connectivity index (χ0n) is 21.9. The normalized spacial score (nSPS) is 33.0. The van der Waals surface area contributed by atoms with Crippen molar-refractivity contribution < 1.29 is 34.0 Å². The molecule has 2 aliphatic heterocycles. The van der Waals surface area contributed by atoms with E-state index in [1.807, 2.05) is 0 Å². The van der Waals surface area contributed by atoms with Crippen LogP contribution in [0.3, 0.4) is 0 Å². The number of epoxide rings is 2. The molecule has 2 heterocycles. The highest BCUT2D eigenvalue weighted by atomic mass is 16.6. The van der Waals surface area contributed by atoms with Gasteiger partial charge in [0.15, 0.2) is 0 Å². The van der Waals surface area contributed by atoms with Crippen LogP contribution in [0.4, 0.5) is 0 Å². The quantitative estimate of drug-likeness (QED) is 0.257. The lowest BCUT2D eigenvalue weighted by atomic mass is 9.67. The van der Waals surface area contributed by atoms with Crippen molar-refractivity contribution in [2.45, 2.75) is 82.7 Å². The van der Waals surface area contributed by atoms with E-state index >= 15 is 0 Å². The largest absolute Gasteiger partial charge is 0.496 e. The van der Waals surface area contributed by atoms with Crippen LogP contribution in [-0.4, -0.2) is 66.4 Å². The Morgan fingerprint density at radius 1 is 1.25 bits per heavy atom. The molecular formula is C28H39NO7. The van der Waals surface area contributed by atoms with Crippen molar-refractivity contribution in [2.24, 2.45) is 5.92 Å². The molecule has 36 heavy (non-hydrogen) atoms. The number of carbonyl (C=O) groups excluding carboxylic acids is 1. The molecule has 0 radical (unpaired) electrons. The highest BCUT2D eigenvalue weighted by molar-refractivity contribution is 5.92. The summed E-state index contributed by atoms with van der Waals surface area (Å²) in [4.78, 5) is 12.9. The highest BCUT2D eigenvalue weighted by Gasteiger charge is 2.71. The summed E-state index contributed by atoms with van der Waals surface area (Å²) >= 11 is 0. The Hall–Kier alpha value is -2.23. The first-order valence-corrected chi connectivity index (χ1v) is 12.6. The molecule has 198 valence electrons. The molecule has 2 saturated heterocycles. The zero-order valence-corrected chi connectivity index (χ0v) is 21.9. The van der Waals surface area contributed by atoms with E-state index < -0.39 is 0 Å². The maximum atomic E-state index is 12.9. The molecule has 4 rings (SSSR count). The zero-order chi connectivity index (χ0) is 26.1. The van der Waals surface area contributed by atoms with Gasteiger partial charge in [-0.1, -0.05) is 11.6 Å². The van der Waals surface area contributed by atoms with Gasteiger partial charge in [-0.25, -0.2) is 0 Å². The molecule has 1 saturated carbocycles. The Morgan fingerprint density at radius 2 is 2.00 bits per heavy atom. The molecule has 0 bridgehead atoms. The molecule has 8 heteroatoms. The minimum atomic E-state index is -0.353. The molecule has 8 nitrogen and oxygen atoms in total. The standard InChI is InChI=1S/C28H39NO7/c1-17(2)6-8-23-27(3,36-23)26-25(34-5)21(10-11-28(26)16-35-28)29-24(32)9-7-18-12-19(14-30)20(15-31)22(13-18)33-4/h6-7,9,12-13,21,23,25-26,30-31H,8,10-11,14-16H2,1-5H3,(H,29,32)/b9-7+/t21-,23-,25-,26-,27+,28+/m1/s1. The van der Waals surface area contributed by atoms with E-state index in [0.29, 0.717) is 29.0 Å². The molecule has 3 N–H and O–H groups in total. The van der Waals surface area contributed by atoms with Crippen LogP contribution in [0.15, 0.2) is 29.9 Å². The second-order valence-electron chi connectivity index (χ2n) is 10.5. The van der Waals surface area contributed by atoms with Crippen molar-refractivity contribution in [2.75, 3.05) is 20.8 Å². The maximum absolute atomic E-state index is 12.9. The molecule has 3 fully saturated rings. The van der Waals surface area contributed by atoms with Crippen molar-refractivity contribution in [3.8, 4) is 5.75 Å². The van der Waals surface area contributed by atoms with E-state index in [2.05, 4.69) is 32.2 Å². The van der Waals surface area contributed by atoms with Crippen LogP contribution < -0.4 is 10.1 Å². The van der Waals surface area contributed by atoms with Crippen molar-refractivity contribution in [1.29, 1.82) is 0 Å². The molecule has 1 aromatic rings. The van der Waals surface area contributed by atoms with Crippen molar-refractivity contribution in [1.82, 2.24) is 5.32 Å². The fourth-order valence-corrected chi connectivity index (χ4v) is 5.87. The van der Waals surface area contributed by atoms with Crippen LogP contribution in [0.2, 0.25) is 0 Å². The fraction of sp³-hybridized carbons (Fsp3) is 0.607. The Morgan fingerprint density at radius 3 is 2.58 bits per heavy atom. The third-order valence-corrected chi connectivity index (χ3v) is 7.92. The Labute approximate surface area is 213 Å². The third kappa shape index (κ3) is 5.24. The van der Waals surface area contributed by atoms with E-state index in [-0.39, 0.29) is 54.5 Å². The lowest BCUT2D eigenvalue weighted by Gasteiger charge is -2.43. The summed E-state index contributed by atoms with van der Waals surface area (Å²) in [6.45, 7) is 6.54. The summed E-state index contributed by atoms with van der Waals surface area (Å²) in [5, 5.41) is 22.4. The van der Waals surface area contributed by atoms with Crippen molar-refractivity contribution in [3.63, 3.8) is 0 Å². The number of hydrogen-bond donors (Lipinski definition) is 3. The smallest absolute Gasteiger partial charge is 0.244 e. The van der Waals surface area contributed by atoms with Crippen LogP contribution in [0.5, 0.6) is 5.75 Å². The summed E-state index contributed by atoms with van der Waals surface area (Å²) in [7, 11) is 3.20. The number of rotatable bonds is 10. The minimum Gasteiger partial charge on any atom is -0.496 e. The predicted molar refractivity (Wildman–Crippen MR) is 135 cm³/mol. The average molecular weight is 502 g/mol. The number of ether oxygens (including phenoxy) is 4. The van der Waals surface area contributed by atoms with Gasteiger partial charge in [-0.3, -0.25) is 4.79 Å². The Kier molecular flexibility index (Phi) is 7.92. The summed E-state index contributed by atoms with van der Waals surface area (Å²) < 4.78 is 23.6. The SMILES string of the molecule is COc1cc(/C=C/C(=O)N[C@@H]2CC[C@]3(CO3)[C@@H]([C@@]3(C)O[C@@H]3CC=C(C)C)[C@@H]2OC)cc(CO)c1CO. The number of carbonyl (C=O) groups is 1. The van der Waals surface area contributed by atoms with Gasteiger partial charge < -0.3 is 34.5 Å². The molecule has 0 unspecified atom stereocenters. The summed E-state index contributed by atoms with van der Waals surface area (Å²) in [5.41, 5.74) is 2.46. The lowest BCUT2D eigenvalue weighted by molar-refractivity contribution is -0.121. The Balaban J connectivity index is 1.47. The maximum Gasteiger partial charge on any atom is 0.244 e. The molecule has 1 aliphatic carbocycles. The first-order chi connectivity index (χ1) is 17.2. The molecule has 3 aliphatic rings.